The van der Waals surface area contributed by atoms with E-state index < -0.39 is 0 Å². The van der Waals surface area contributed by atoms with E-state index in [1.807, 2.05) is 26.0 Å². The van der Waals surface area contributed by atoms with Gasteiger partial charge in [-0.2, -0.15) is 0 Å². The second-order valence-electron chi connectivity index (χ2n) is 5.02. The van der Waals surface area contributed by atoms with Gasteiger partial charge in [0.05, 0.1) is 0 Å². The van der Waals surface area contributed by atoms with Gasteiger partial charge in [-0.15, -0.1) is 0 Å². The number of benzene rings is 1. The van der Waals surface area contributed by atoms with Crippen LogP contribution in [0.4, 0.5) is 0 Å². The Labute approximate surface area is 126 Å². The number of phenols is 1. The zero-order valence-electron chi connectivity index (χ0n) is 12.7. The van der Waals surface area contributed by atoms with Gasteiger partial charge in [-0.3, -0.25) is 0 Å². The summed E-state index contributed by atoms with van der Waals surface area (Å²) in [6.45, 7) is 8.24. The SMILES string of the molecule is C=C(C)C(Oc1ccc(O)cc1)=C(C)C=CCC(N)CN. The standard InChI is InChI=1S/C17H24N2O2/c1-12(2)17(13(3)5-4-6-14(19)11-18)21-16-9-7-15(20)8-10-16/h4-5,7-10,14,20H,1,6,11,18-19H2,2-3H3. The summed E-state index contributed by atoms with van der Waals surface area (Å²) in [5.74, 6) is 1.56. The molecule has 0 fully saturated rings. The van der Waals surface area contributed by atoms with Gasteiger partial charge in [0.1, 0.15) is 17.3 Å². The van der Waals surface area contributed by atoms with Crippen LogP contribution in [0.5, 0.6) is 11.5 Å². The highest BCUT2D eigenvalue weighted by Gasteiger charge is 2.06. The van der Waals surface area contributed by atoms with Crippen LogP contribution in [-0.2, 0) is 0 Å². The normalized spacial score (nSPS) is 13.9. The highest BCUT2D eigenvalue weighted by atomic mass is 16.5. The van der Waals surface area contributed by atoms with Crippen molar-refractivity contribution in [1.29, 1.82) is 0 Å². The number of hydrogen-bond donors (Lipinski definition) is 3. The molecule has 0 bridgehead atoms. The lowest BCUT2D eigenvalue weighted by Gasteiger charge is -2.12. The van der Waals surface area contributed by atoms with Crippen LogP contribution in [0.2, 0.25) is 0 Å². The molecule has 1 aromatic carbocycles. The predicted molar refractivity (Wildman–Crippen MR) is 87.0 cm³/mol. The van der Waals surface area contributed by atoms with Gasteiger partial charge in [0.2, 0.25) is 0 Å². The fraction of sp³-hybridized carbons (Fsp3) is 0.294. The number of aromatic hydroxyl groups is 1. The zero-order chi connectivity index (χ0) is 15.8. The molecule has 0 saturated carbocycles. The molecule has 0 radical (unpaired) electrons. The van der Waals surface area contributed by atoms with Crippen LogP contribution in [0.15, 0.2) is 59.9 Å². The number of ether oxygens (including phenoxy) is 1. The number of nitrogens with two attached hydrogens (primary N) is 2. The molecule has 0 heterocycles. The molecule has 0 amide bonds. The fourth-order valence-corrected chi connectivity index (χ4v) is 1.73. The Morgan fingerprint density at radius 2 is 1.95 bits per heavy atom. The minimum absolute atomic E-state index is 0.0275. The molecule has 0 spiro atoms. The van der Waals surface area contributed by atoms with Gasteiger partial charge in [-0.1, -0.05) is 18.7 Å². The molecule has 0 saturated heterocycles. The summed E-state index contributed by atoms with van der Waals surface area (Å²) in [5, 5.41) is 9.28. The monoisotopic (exact) mass is 288 g/mol. The smallest absolute Gasteiger partial charge is 0.132 e. The summed E-state index contributed by atoms with van der Waals surface area (Å²) >= 11 is 0. The lowest BCUT2D eigenvalue weighted by Crippen LogP contribution is -2.28. The highest BCUT2D eigenvalue weighted by molar-refractivity contribution is 5.38. The number of rotatable bonds is 7. The van der Waals surface area contributed by atoms with Crippen molar-refractivity contribution < 1.29 is 9.84 Å². The quantitative estimate of drug-likeness (QED) is 0.532. The molecule has 114 valence electrons. The first kappa shape index (κ1) is 17.0. The topological polar surface area (TPSA) is 81.5 Å². The number of hydrogen-bond acceptors (Lipinski definition) is 4. The molecular formula is C17H24N2O2. The van der Waals surface area contributed by atoms with Gasteiger partial charge >= 0.3 is 0 Å². The second kappa shape index (κ2) is 8.29. The Bertz CT molecular complexity index is 530. The van der Waals surface area contributed by atoms with E-state index in [1.54, 1.807) is 24.3 Å². The average molecular weight is 288 g/mol. The van der Waals surface area contributed by atoms with E-state index in [4.69, 9.17) is 16.2 Å². The van der Waals surface area contributed by atoms with Crippen LogP contribution in [0.25, 0.3) is 0 Å². The largest absolute Gasteiger partial charge is 0.508 e. The second-order valence-corrected chi connectivity index (χ2v) is 5.02. The molecule has 1 atom stereocenters. The Balaban J connectivity index is 2.86. The van der Waals surface area contributed by atoms with Crippen LogP contribution >= 0.6 is 0 Å². The van der Waals surface area contributed by atoms with Crippen LogP contribution < -0.4 is 16.2 Å². The molecule has 0 aromatic heterocycles. The maximum absolute atomic E-state index is 9.28. The van der Waals surface area contributed by atoms with Crippen LogP contribution in [0.1, 0.15) is 20.3 Å². The van der Waals surface area contributed by atoms with Crippen molar-refractivity contribution in [2.24, 2.45) is 11.5 Å². The van der Waals surface area contributed by atoms with Crippen LogP contribution in [0.3, 0.4) is 0 Å². The lowest BCUT2D eigenvalue weighted by molar-refractivity contribution is 0.428. The molecule has 0 aliphatic heterocycles. The summed E-state index contributed by atoms with van der Waals surface area (Å²) < 4.78 is 5.84. The summed E-state index contributed by atoms with van der Waals surface area (Å²) in [6, 6.07) is 6.55. The zero-order valence-corrected chi connectivity index (χ0v) is 12.7. The summed E-state index contributed by atoms with van der Waals surface area (Å²) in [7, 11) is 0. The van der Waals surface area contributed by atoms with E-state index in [0.29, 0.717) is 18.1 Å². The Morgan fingerprint density at radius 3 is 2.48 bits per heavy atom. The first-order chi connectivity index (χ1) is 9.93. The maximum Gasteiger partial charge on any atom is 0.132 e. The summed E-state index contributed by atoms with van der Waals surface area (Å²) in [5.41, 5.74) is 13.0. The molecule has 4 heteroatoms. The third-order valence-corrected chi connectivity index (χ3v) is 2.91. The van der Waals surface area contributed by atoms with Crippen molar-refractivity contribution in [2.75, 3.05) is 6.54 Å². The van der Waals surface area contributed by atoms with E-state index in [2.05, 4.69) is 6.58 Å². The Morgan fingerprint density at radius 1 is 1.33 bits per heavy atom. The summed E-state index contributed by atoms with van der Waals surface area (Å²) in [6.07, 6.45) is 4.66. The molecule has 1 rings (SSSR count). The van der Waals surface area contributed by atoms with Crippen molar-refractivity contribution in [2.45, 2.75) is 26.3 Å². The van der Waals surface area contributed by atoms with Gasteiger partial charge in [0.15, 0.2) is 0 Å². The minimum Gasteiger partial charge on any atom is -0.508 e. The molecule has 21 heavy (non-hydrogen) atoms. The third-order valence-electron chi connectivity index (χ3n) is 2.91. The molecule has 1 aromatic rings. The first-order valence-corrected chi connectivity index (χ1v) is 6.90. The van der Waals surface area contributed by atoms with E-state index in [9.17, 15) is 5.11 Å². The Hall–Kier alpha value is -2.04. The van der Waals surface area contributed by atoms with Crippen molar-refractivity contribution in [3.8, 4) is 11.5 Å². The van der Waals surface area contributed by atoms with E-state index in [0.717, 1.165) is 17.6 Å². The van der Waals surface area contributed by atoms with Gasteiger partial charge in [-0.25, -0.2) is 0 Å². The summed E-state index contributed by atoms with van der Waals surface area (Å²) in [4.78, 5) is 0. The predicted octanol–water partition coefficient (Wildman–Crippen LogP) is 2.85. The lowest BCUT2D eigenvalue weighted by atomic mass is 10.1. The third kappa shape index (κ3) is 5.85. The molecule has 0 aliphatic rings. The van der Waals surface area contributed by atoms with E-state index in [1.165, 1.54) is 0 Å². The van der Waals surface area contributed by atoms with Crippen molar-refractivity contribution in [3.63, 3.8) is 0 Å². The highest BCUT2D eigenvalue weighted by Crippen LogP contribution is 2.23. The van der Waals surface area contributed by atoms with Gasteiger partial charge in [0, 0.05) is 12.6 Å². The van der Waals surface area contributed by atoms with Crippen molar-refractivity contribution in [1.82, 2.24) is 0 Å². The maximum atomic E-state index is 9.28. The average Bonchev–Trinajstić information content (AvgIpc) is 2.45. The Kier molecular flexibility index (Phi) is 6.72. The number of allylic oxidation sites excluding steroid dienone is 3. The van der Waals surface area contributed by atoms with E-state index >= 15 is 0 Å². The van der Waals surface area contributed by atoms with Gasteiger partial charge < -0.3 is 21.3 Å². The minimum atomic E-state index is -0.0275. The van der Waals surface area contributed by atoms with Crippen LogP contribution in [0, 0.1) is 0 Å². The van der Waals surface area contributed by atoms with Crippen molar-refractivity contribution >= 4 is 0 Å². The molecule has 4 nitrogen and oxygen atoms in total. The molecular weight excluding hydrogens is 264 g/mol. The molecule has 1 unspecified atom stereocenters. The van der Waals surface area contributed by atoms with Crippen molar-refractivity contribution in [3.05, 3.63) is 59.9 Å². The van der Waals surface area contributed by atoms with E-state index in [-0.39, 0.29) is 11.8 Å². The molecule has 5 N–H and O–H groups in total. The fourth-order valence-electron chi connectivity index (χ4n) is 1.73. The van der Waals surface area contributed by atoms with Crippen LogP contribution in [-0.4, -0.2) is 17.7 Å². The van der Waals surface area contributed by atoms with Gasteiger partial charge in [0.25, 0.3) is 0 Å². The molecule has 0 aliphatic carbocycles. The first-order valence-electron chi connectivity index (χ1n) is 6.90. The number of phenolic OH excluding ortho intramolecular Hbond substituents is 1. The van der Waals surface area contributed by atoms with Gasteiger partial charge in [-0.05, 0) is 55.7 Å².